The van der Waals surface area contributed by atoms with E-state index in [1.807, 2.05) is 24.3 Å². The Kier molecular flexibility index (Phi) is 5.82. The Morgan fingerprint density at radius 3 is 2.43 bits per heavy atom. The molecule has 0 unspecified atom stereocenters. The SMILES string of the molecule is CC(C)(CNC(=O)Cc1ccc(Br)cc1)N1CCCCC1. The van der Waals surface area contributed by atoms with Gasteiger partial charge < -0.3 is 5.32 Å². The predicted molar refractivity (Wildman–Crippen MR) is 90.4 cm³/mol. The molecular weight excluding hydrogens is 328 g/mol. The number of piperidine rings is 1. The van der Waals surface area contributed by atoms with Crippen molar-refractivity contribution >= 4 is 21.8 Å². The Hall–Kier alpha value is -0.870. The van der Waals surface area contributed by atoms with E-state index >= 15 is 0 Å². The second-order valence-electron chi connectivity index (χ2n) is 6.44. The first-order chi connectivity index (χ1) is 9.97. The standard InChI is InChI=1S/C17H25BrN2O/c1-17(2,20-10-4-3-5-11-20)13-19-16(21)12-14-6-8-15(18)9-7-14/h6-9H,3-5,10-13H2,1-2H3,(H,19,21). The summed E-state index contributed by atoms with van der Waals surface area (Å²) in [6.45, 7) is 7.45. The summed E-state index contributed by atoms with van der Waals surface area (Å²) < 4.78 is 1.04. The fourth-order valence-electron chi connectivity index (χ4n) is 2.78. The molecule has 1 aliphatic rings. The van der Waals surface area contributed by atoms with E-state index in [0.717, 1.165) is 23.1 Å². The van der Waals surface area contributed by atoms with Crippen molar-refractivity contribution < 1.29 is 4.79 Å². The third kappa shape index (κ3) is 5.11. The number of carbonyl (C=O) groups is 1. The van der Waals surface area contributed by atoms with Crippen molar-refractivity contribution in [2.75, 3.05) is 19.6 Å². The molecule has 21 heavy (non-hydrogen) atoms. The van der Waals surface area contributed by atoms with Crippen LogP contribution < -0.4 is 5.32 Å². The fraction of sp³-hybridized carbons (Fsp3) is 0.588. The fourth-order valence-corrected chi connectivity index (χ4v) is 3.04. The molecular formula is C17H25BrN2O. The topological polar surface area (TPSA) is 32.3 Å². The molecule has 1 aromatic rings. The lowest BCUT2D eigenvalue weighted by Crippen LogP contribution is -2.53. The molecule has 1 amide bonds. The Balaban J connectivity index is 1.81. The predicted octanol–water partition coefficient (Wildman–Crippen LogP) is 3.37. The third-order valence-electron chi connectivity index (χ3n) is 4.21. The van der Waals surface area contributed by atoms with E-state index in [2.05, 4.69) is 40.0 Å². The monoisotopic (exact) mass is 352 g/mol. The number of carbonyl (C=O) groups excluding carboxylic acids is 1. The molecule has 1 aromatic carbocycles. The van der Waals surface area contributed by atoms with E-state index in [9.17, 15) is 4.79 Å². The van der Waals surface area contributed by atoms with Crippen LogP contribution in [0.5, 0.6) is 0 Å². The number of benzene rings is 1. The second-order valence-corrected chi connectivity index (χ2v) is 7.36. The highest BCUT2D eigenvalue weighted by Crippen LogP contribution is 2.19. The number of nitrogens with zero attached hydrogens (tertiary/aromatic N) is 1. The first-order valence-electron chi connectivity index (χ1n) is 7.73. The molecule has 3 nitrogen and oxygen atoms in total. The highest BCUT2D eigenvalue weighted by atomic mass is 79.9. The van der Waals surface area contributed by atoms with E-state index < -0.39 is 0 Å². The van der Waals surface area contributed by atoms with Crippen molar-refractivity contribution in [2.45, 2.75) is 45.1 Å². The molecule has 0 aliphatic carbocycles. The molecule has 1 N–H and O–H groups in total. The third-order valence-corrected chi connectivity index (χ3v) is 4.74. The van der Waals surface area contributed by atoms with Gasteiger partial charge in [0.2, 0.25) is 5.91 Å². The number of amides is 1. The van der Waals surface area contributed by atoms with Crippen LogP contribution in [0, 0.1) is 0 Å². The van der Waals surface area contributed by atoms with Crippen molar-refractivity contribution in [3.8, 4) is 0 Å². The zero-order valence-electron chi connectivity index (χ0n) is 13.0. The van der Waals surface area contributed by atoms with Crippen molar-refractivity contribution in [1.29, 1.82) is 0 Å². The van der Waals surface area contributed by atoms with Gasteiger partial charge in [-0.25, -0.2) is 0 Å². The maximum atomic E-state index is 12.1. The van der Waals surface area contributed by atoms with Gasteiger partial charge in [0.05, 0.1) is 6.42 Å². The zero-order chi connectivity index (χ0) is 15.3. The number of nitrogens with one attached hydrogen (secondary N) is 1. The molecule has 0 saturated carbocycles. The van der Waals surface area contributed by atoms with Crippen molar-refractivity contribution in [2.24, 2.45) is 0 Å². The number of halogens is 1. The maximum Gasteiger partial charge on any atom is 0.224 e. The van der Waals surface area contributed by atoms with Crippen LogP contribution in [-0.2, 0) is 11.2 Å². The number of hydrogen-bond acceptors (Lipinski definition) is 2. The van der Waals surface area contributed by atoms with Gasteiger partial charge in [0, 0.05) is 16.6 Å². The summed E-state index contributed by atoms with van der Waals surface area (Å²) in [7, 11) is 0. The number of rotatable bonds is 5. The lowest BCUT2D eigenvalue weighted by molar-refractivity contribution is -0.121. The summed E-state index contributed by atoms with van der Waals surface area (Å²) in [4.78, 5) is 14.6. The smallest absolute Gasteiger partial charge is 0.224 e. The lowest BCUT2D eigenvalue weighted by Gasteiger charge is -2.41. The van der Waals surface area contributed by atoms with E-state index in [1.54, 1.807) is 0 Å². The van der Waals surface area contributed by atoms with E-state index in [4.69, 9.17) is 0 Å². The van der Waals surface area contributed by atoms with E-state index in [-0.39, 0.29) is 11.4 Å². The van der Waals surface area contributed by atoms with Gasteiger partial charge in [-0.05, 0) is 57.5 Å². The summed E-state index contributed by atoms with van der Waals surface area (Å²) in [5.41, 5.74) is 1.09. The summed E-state index contributed by atoms with van der Waals surface area (Å²) in [5, 5.41) is 3.09. The van der Waals surface area contributed by atoms with Gasteiger partial charge in [-0.2, -0.15) is 0 Å². The van der Waals surface area contributed by atoms with Crippen LogP contribution in [0.2, 0.25) is 0 Å². The van der Waals surface area contributed by atoms with Gasteiger partial charge in [0.25, 0.3) is 0 Å². The largest absolute Gasteiger partial charge is 0.354 e. The Labute approximate surface area is 136 Å². The molecule has 1 heterocycles. The van der Waals surface area contributed by atoms with E-state index in [0.29, 0.717) is 13.0 Å². The molecule has 1 aliphatic heterocycles. The van der Waals surface area contributed by atoms with Gasteiger partial charge in [0.15, 0.2) is 0 Å². The number of likely N-dealkylation sites (tertiary alicyclic amines) is 1. The first kappa shape index (κ1) is 16.5. The molecule has 1 fully saturated rings. The van der Waals surface area contributed by atoms with Crippen LogP contribution in [0.4, 0.5) is 0 Å². The lowest BCUT2D eigenvalue weighted by atomic mass is 9.98. The van der Waals surface area contributed by atoms with Crippen molar-refractivity contribution in [3.05, 3.63) is 34.3 Å². The molecule has 116 valence electrons. The minimum Gasteiger partial charge on any atom is -0.354 e. The quantitative estimate of drug-likeness (QED) is 0.880. The molecule has 0 aromatic heterocycles. The van der Waals surface area contributed by atoms with Gasteiger partial charge in [-0.15, -0.1) is 0 Å². The zero-order valence-corrected chi connectivity index (χ0v) is 14.6. The van der Waals surface area contributed by atoms with Gasteiger partial charge in [0.1, 0.15) is 0 Å². The minimum atomic E-state index is 0.0375. The highest BCUT2D eigenvalue weighted by molar-refractivity contribution is 9.10. The Morgan fingerprint density at radius 1 is 1.19 bits per heavy atom. The Morgan fingerprint density at radius 2 is 1.81 bits per heavy atom. The maximum absolute atomic E-state index is 12.1. The average Bonchev–Trinajstić information content (AvgIpc) is 2.49. The Bertz CT molecular complexity index is 464. The van der Waals surface area contributed by atoms with Crippen LogP contribution in [0.25, 0.3) is 0 Å². The van der Waals surface area contributed by atoms with Crippen LogP contribution >= 0.6 is 15.9 Å². The van der Waals surface area contributed by atoms with Gasteiger partial charge in [-0.1, -0.05) is 34.5 Å². The highest BCUT2D eigenvalue weighted by Gasteiger charge is 2.28. The van der Waals surface area contributed by atoms with Crippen LogP contribution in [0.1, 0.15) is 38.7 Å². The summed E-state index contributed by atoms with van der Waals surface area (Å²) >= 11 is 3.41. The van der Waals surface area contributed by atoms with Gasteiger partial charge >= 0.3 is 0 Å². The van der Waals surface area contributed by atoms with Gasteiger partial charge in [-0.3, -0.25) is 9.69 Å². The normalized spacial score (nSPS) is 16.7. The minimum absolute atomic E-state index is 0.0375. The molecule has 0 radical (unpaired) electrons. The van der Waals surface area contributed by atoms with Crippen LogP contribution in [0.15, 0.2) is 28.7 Å². The average molecular weight is 353 g/mol. The second kappa shape index (κ2) is 7.41. The molecule has 1 saturated heterocycles. The molecule has 0 spiro atoms. The number of hydrogen-bond donors (Lipinski definition) is 1. The van der Waals surface area contributed by atoms with Crippen molar-refractivity contribution in [3.63, 3.8) is 0 Å². The van der Waals surface area contributed by atoms with Crippen molar-refractivity contribution in [1.82, 2.24) is 10.2 Å². The summed E-state index contributed by atoms with van der Waals surface area (Å²) in [6.07, 6.45) is 4.33. The van der Waals surface area contributed by atoms with E-state index in [1.165, 1.54) is 19.3 Å². The van der Waals surface area contributed by atoms with Crippen LogP contribution in [0.3, 0.4) is 0 Å². The molecule has 4 heteroatoms. The summed E-state index contributed by atoms with van der Waals surface area (Å²) in [6, 6.07) is 7.92. The molecule has 0 bridgehead atoms. The first-order valence-corrected chi connectivity index (χ1v) is 8.53. The summed E-state index contributed by atoms with van der Waals surface area (Å²) in [5.74, 6) is 0.0995. The molecule has 2 rings (SSSR count). The molecule has 0 atom stereocenters. The van der Waals surface area contributed by atoms with Crippen LogP contribution in [-0.4, -0.2) is 36.0 Å².